The Morgan fingerprint density at radius 1 is 1.32 bits per heavy atom. The highest BCUT2D eigenvalue weighted by molar-refractivity contribution is 7.16. The molecule has 0 radical (unpaired) electrons. The third-order valence-electron chi connectivity index (χ3n) is 4.08. The first-order chi connectivity index (χ1) is 12.2. The van der Waals surface area contributed by atoms with Crippen LogP contribution in [0.15, 0.2) is 36.9 Å². The van der Waals surface area contributed by atoms with Gasteiger partial charge in [0.1, 0.15) is 11.6 Å². The fourth-order valence-corrected chi connectivity index (χ4v) is 3.97. The Hall–Kier alpha value is -2.21. The van der Waals surface area contributed by atoms with Crippen LogP contribution >= 0.6 is 11.3 Å². The highest BCUT2D eigenvalue weighted by atomic mass is 32.1. The minimum Gasteiger partial charge on any atom is -0.493 e. The number of hydrogen-bond acceptors (Lipinski definition) is 4. The molecule has 0 saturated heterocycles. The molecule has 0 fully saturated rings. The second kappa shape index (κ2) is 8.25. The summed E-state index contributed by atoms with van der Waals surface area (Å²) in [6.07, 6.45) is 6.34. The number of halogens is 1. The van der Waals surface area contributed by atoms with E-state index < -0.39 is 0 Å². The zero-order valence-electron chi connectivity index (χ0n) is 14.0. The van der Waals surface area contributed by atoms with Gasteiger partial charge in [-0.2, -0.15) is 0 Å². The van der Waals surface area contributed by atoms with Crippen molar-refractivity contribution in [2.75, 3.05) is 18.1 Å². The zero-order valence-corrected chi connectivity index (χ0v) is 14.9. The van der Waals surface area contributed by atoms with Gasteiger partial charge < -0.3 is 4.74 Å². The number of amides is 1. The van der Waals surface area contributed by atoms with Crippen LogP contribution in [-0.4, -0.2) is 24.0 Å². The fourth-order valence-electron chi connectivity index (χ4n) is 2.79. The Bertz CT molecular complexity index is 719. The normalized spacial score (nSPS) is 13.2. The number of ether oxygens (including phenoxy) is 1. The predicted octanol–water partition coefficient (Wildman–Crippen LogP) is 4.15. The Kier molecular flexibility index (Phi) is 5.81. The Labute approximate surface area is 151 Å². The number of aryl methyl sites for hydroxylation is 2. The average Bonchev–Trinajstić information content (AvgIpc) is 3.05. The molecule has 0 saturated carbocycles. The zero-order chi connectivity index (χ0) is 17.6. The average molecular weight is 360 g/mol. The molecule has 2 aromatic rings. The van der Waals surface area contributed by atoms with Crippen LogP contribution in [-0.2, 0) is 17.6 Å². The van der Waals surface area contributed by atoms with Crippen molar-refractivity contribution in [1.82, 2.24) is 4.98 Å². The van der Waals surface area contributed by atoms with Crippen molar-refractivity contribution in [3.63, 3.8) is 0 Å². The van der Waals surface area contributed by atoms with Crippen molar-refractivity contribution in [2.45, 2.75) is 32.1 Å². The Morgan fingerprint density at radius 3 is 2.80 bits per heavy atom. The SMILES string of the molecule is C=CCN(C(=O)CCOc1ccc(F)cc1)c1nc2c(s1)CCCC2. The minimum atomic E-state index is -0.312. The van der Waals surface area contributed by atoms with Crippen LogP contribution in [0.4, 0.5) is 9.52 Å². The van der Waals surface area contributed by atoms with Gasteiger partial charge in [0.05, 0.1) is 18.7 Å². The van der Waals surface area contributed by atoms with Crippen LogP contribution in [0.25, 0.3) is 0 Å². The summed E-state index contributed by atoms with van der Waals surface area (Å²) < 4.78 is 18.4. The topological polar surface area (TPSA) is 42.4 Å². The highest BCUT2D eigenvalue weighted by Gasteiger charge is 2.22. The van der Waals surface area contributed by atoms with Crippen molar-refractivity contribution in [1.29, 1.82) is 0 Å². The molecule has 1 aliphatic carbocycles. The monoisotopic (exact) mass is 360 g/mol. The first-order valence-electron chi connectivity index (χ1n) is 8.45. The molecule has 0 N–H and O–H groups in total. The lowest BCUT2D eigenvalue weighted by Gasteiger charge is -2.18. The molecular weight excluding hydrogens is 339 g/mol. The maximum Gasteiger partial charge on any atom is 0.232 e. The van der Waals surface area contributed by atoms with Gasteiger partial charge in [0.25, 0.3) is 0 Å². The van der Waals surface area contributed by atoms with Crippen molar-refractivity contribution in [3.8, 4) is 5.75 Å². The largest absolute Gasteiger partial charge is 0.493 e. The molecule has 132 valence electrons. The molecule has 0 spiro atoms. The number of thiazole rings is 1. The van der Waals surface area contributed by atoms with Crippen molar-refractivity contribution in [3.05, 3.63) is 53.3 Å². The van der Waals surface area contributed by atoms with E-state index in [0.29, 0.717) is 12.3 Å². The summed E-state index contributed by atoms with van der Waals surface area (Å²) in [6.45, 7) is 4.41. The number of fused-ring (bicyclic) bond motifs is 1. The lowest BCUT2D eigenvalue weighted by molar-refractivity contribution is -0.119. The minimum absolute atomic E-state index is 0.0480. The van der Waals surface area contributed by atoms with Gasteiger partial charge in [-0.25, -0.2) is 9.37 Å². The first-order valence-corrected chi connectivity index (χ1v) is 9.27. The summed E-state index contributed by atoms with van der Waals surface area (Å²) in [5, 5.41) is 0.749. The van der Waals surface area contributed by atoms with Gasteiger partial charge in [-0.1, -0.05) is 6.08 Å². The summed E-state index contributed by atoms with van der Waals surface area (Å²) in [5.41, 5.74) is 1.13. The molecule has 0 atom stereocenters. The second-order valence-corrected chi connectivity index (χ2v) is 6.98. The van der Waals surface area contributed by atoms with E-state index in [-0.39, 0.29) is 24.8 Å². The van der Waals surface area contributed by atoms with Crippen LogP contribution in [0.2, 0.25) is 0 Å². The summed E-state index contributed by atoms with van der Waals surface area (Å²) in [7, 11) is 0. The molecule has 0 aliphatic heterocycles. The molecule has 0 bridgehead atoms. The first kappa shape index (κ1) is 17.6. The summed E-state index contributed by atoms with van der Waals surface area (Å²) in [6, 6.07) is 5.77. The smallest absolute Gasteiger partial charge is 0.232 e. The van der Waals surface area contributed by atoms with Crippen molar-refractivity contribution in [2.24, 2.45) is 0 Å². The standard InChI is InChI=1S/C19H21FN2O2S/c1-2-12-22(19-21-16-5-3-4-6-17(16)25-19)18(23)11-13-24-15-9-7-14(20)8-10-15/h2,7-10H,1,3-6,11-13H2. The summed E-state index contributed by atoms with van der Waals surface area (Å²) in [5.74, 6) is 0.190. The number of anilines is 1. The van der Waals surface area contributed by atoms with Crippen LogP contribution < -0.4 is 9.64 Å². The number of carbonyl (C=O) groups excluding carboxylic acids is 1. The quantitative estimate of drug-likeness (QED) is 0.697. The van der Waals surface area contributed by atoms with Gasteiger partial charge in [-0.15, -0.1) is 17.9 Å². The Balaban J connectivity index is 1.61. The molecule has 1 heterocycles. The third kappa shape index (κ3) is 4.45. The second-order valence-electron chi connectivity index (χ2n) is 5.92. The van der Waals surface area contributed by atoms with E-state index in [2.05, 4.69) is 11.6 Å². The number of benzene rings is 1. The molecule has 1 aromatic carbocycles. The molecule has 1 aromatic heterocycles. The lowest BCUT2D eigenvalue weighted by atomic mass is 10.0. The van der Waals surface area contributed by atoms with E-state index in [1.807, 2.05) is 0 Å². The Morgan fingerprint density at radius 2 is 2.08 bits per heavy atom. The predicted molar refractivity (Wildman–Crippen MR) is 97.8 cm³/mol. The maximum atomic E-state index is 12.9. The molecule has 0 unspecified atom stereocenters. The molecule has 25 heavy (non-hydrogen) atoms. The highest BCUT2D eigenvalue weighted by Crippen LogP contribution is 2.32. The van der Waals surface area contributed by atoms with Crippen LogP contribution in [0.3, 0.4) is 0 Å². The number of carbonyl (C=O) groups is 1. The molecule has 6 heteroatoms. The van der Waals surface area contributed by atoms with Gasteiger partial charge in [0.15, 0.2) is 5.13 Å². The number of hydrogen-bond donors (Lipinski definition) is 0. The lowest BCUT2D eigenvalue weighted by Crippen LogP contribution is -2.32. The van der Waals surface area contributed by atoms with E-state index in [9.17, 15) is 9.18 Å². The summed E-state index contributed by atoms with van der Waals surface area (Å²) >= 11 is 1.61. The van der Waals surface area contributed by atoms with E-state index in [1.54, 1.807) is 34.4 Å². The van der Waals surface area contributed by atoms with Gasteiger partial charge in [-0.05, 0) is 49.9 Å². The molecule has 1 aliphatic rings. The van der Waals surface area contributed by atoms with Crippen LogP contribution in [0.1, 0.15) is 29.8 Å². The van der Waals surface area contributed by atoms with E-state index in [0.717, 1.165) is 30.1 Å². The number of nitrogens with zero attached hydrogens (tertiary/aromatic N) is 2. The van der Waals surface area contributed by atoms with Crippen LogP contribution in [0.5, 0.6) is 5.75 Å². The van der Waals surface area contributed by atoms with Gasteiger partial charge in [0, 0.05) is 11.4 Å². The van der Waals surface area contributed by atoms with Crippen molar-refractivity contribution < 1.29 is 13.9 Å². The summed E-state index contributed by atoms with van der Waals surface area (Å²) in [4.78, 5) is 20.2. The molecule has 4 nitrogen and oxygen atoms in total. The van der Waals surface area contributed by atoms with Gasteiger partial charge in [0.2, 0.25) is 5.91 Å². The number of rotatable bonds is 7. The van der Waals surface area contributed by atoms with Crippen LogP contribution in [0, 0.1) is 5.82 Å². The third-order valence-corrected chi connectivity index (χ3v) is 5.26. The van der Waals surface area contributed by atoms with Gasteiger partial charge >= 0.3 is 0 Å². The van der Waals surface area contributed by atoms with Crippen molar-refractivity contribution >= 4 is 22.4 Å². The molecule has 3 rings (SSSR count). The molecular formula is C19H21FN2O2S. The van der Waals surface area contributed by atoms with E-state index in [1.165, 1.54) is 23.4 Å². The van der Waals surface area contributed by atoms with E-state index in [4.69, 9.17) is 4.74 Å². The van der Waals surface area contributed by atoms with E-state index >= 15 is 0 Å². The maximum absolute atomic E-state index is 12.9. The molecule has 1 amide bonds. The fraction of sp³-hybridized carbons (Fsp3) is 0.368. The number of aromatic nitrogens is 1. The van der Waals surface area contributed by atoms with Gasteiger partial charge in [-0.3, -0.25) is 9.69 Å².